The van der Waals surface area contributed by atoms with E-state index in [-0.39, 0.29) is 25.0 Å². The number of nitrogens with zero attached hydrogens (tertiary/aromatic N) is 3. The first-order valence-electron chi connectivity index (χ1n) is 15.2. The van der Waals surface area contributed by atoms with Crippen molar-refractivity contribution >= 4 is 23.1 Å². The van der Waals surface area contributed by atoms with E-state index in [0.717, 1.165) is 68.4 Å². The quantitative estimate of drug-likeness (QED) is 0.363. The van der Waals surface area contributed by atoms with Gasteiger partial charge < -0.3 is 19.8 Å². The molecule has 4 N–H and O–H groups in total. The van der Waals surface area contributed by atoms with E-state index in [9.17, 15) is 15.0 Å². The van der Waals surface area contributed by atoms with Gasteiger partial charge in [-0.3, -0.25) is 9.80 Å². The standard InChI is InChI=1S/C32H43N5O5/c1-3-23-16-33-31(34-17-23)36-14-12-24(13-15-36)19-42-28-10-8-26(9-11-28)25-4-6-27(7-5-25)30(40)37-18-29(35-41-2)32(20-37,21-38)22-39/h4,8-11,16-17,24,27,38-39H,3,5-7,12-15,18-22H2,1-2H3/p+2. The number of hydrogen-bond acceptors (Lipinski definition) is 8. The molecule has 0 radical (unpaired) electrons. The maximum atomic E-state index is 13.3. The zero-order valence-electron chi connectivity index (χ0n) is 24.8. The summed E-state index contributed by atoms with van der Waals surface area (Å²) in [5.74, 6) is 2.40. The SMILES string of the molecule is CCc1cnc(N2CCC(COc3ccc(C4=CCC(C(=O)[NH+]5CC(=NOC)C(CO)(CO)C5)CC4)cc3)CC2)[nH+]c1. The lowest BCUT2D eigenvalue weighted by Crippen LogP contribution is -3.14. The topological polar surface area (TPSA) is 123 Å². The van der Waals surface area contributed by atoms with Gasteiger partial charge in [0.15, 0.2) is 0 Å². The van der Waals surface area contributed by atoms with Crippen LogP contribution in [0.5, 0.6) is 5.75 Å². The summed E-state index contributed by atoms with van der Waals surface area (Å²) in [6, 6.07) is 8.32. The average molecular weight is 580 g/mol. The van der Waals surface area contributed by atoms with E-state index in [0.29, 0.717) is 31.1 Å². The molecule has 1 aromatic heterocycles. The summed E-state index contributed by atoms with van der Waals surface area (Å²) in [5, 5.41) is 23.9. The molecule has 10 nitrogen and oxygen atoms in total. The number of H-pyrrole nitrogens is 1. The molecular formula is C32H45N5O5+2. The fourth-order valence-corrected chi connectivity index (χ4v) is 6.38. The lowest BCUT2D eigenvalue weighted by atomic mass is 9.85. The second-order valence-corrected chi connectivity index (χ2v) is 11.9. The Morgan fingerprint density at radius 1 is 1.19 bits per heavy atom. The molecule has 0 bridgehead atoms. The van der Waals surface area contributed by atoms with E-state index < -0.39 is 5.41 Å². The number of amides is 1. The van der Waals surface area contributed by atoms with Crippen molar-refractivity contribution < 1.29 is 34.5 Å². The molecule has 2 atom stereocenters. The van der Waals surface area contributed by atoms with Crippen LogP contribution in [0.4, 0.5) is 5.95 Å². The summed E-state index contributed by atoms with van der Waals surface area (Å²) in [5.41, 5.74) is 3.28. The highest BCUT2D eigenvalue weighted by Gasteiger charge is 2.51. The molecule has 3 aliphatic rings. The van der Waals surface area contributed by atoms with Gasteiger partial charge in [-0.25, -0.2) is 9.78 Å². The summed E-state index contributed by atoms with van der Waals surface area (Å²) in [7, 11) is 1.44. The molecule has 42 heavy (non-hydrogen) atoms. The number of piperidine rings is 1. The van der Waals surface area contributed by atoms with Crippen molar-refractivity contribution in [2.24, 2.45) is 22.4 Å². The van der Waals surface area contributed by atoms with Gasteiger partial charge in [0.05, 0.1) is 45.0 Å². The number of aryl methyl sites for hydroxylation is 1. The molecule has 0 spiro atoms. The third-order valence-corrected chi connectivity index (χ3v) is 9.25. The van der Waals surface area contributed by atoms with Crippen molar-refractivity contribution in [2.45, 2.75) is 45.4 Å². The van der Waals surface area contributed by atoms with Crippen LogP contribution >= 0.6 is 0 Å². The molecule has 0 saturated carbocycles. The van der Waals surface area contributed by atoms with Crippen LogP contribution in [0.25, 0.3) is 5.57 Å². The van der Waals surface area contributed by atoms with Gasteiger partial charge in [0.2, 0.25) is 0 Å². The number of aromatic amines is 1. The molecule has 2 fully saturated rings. The third-order valence-electron chi connectivity index (χ3n) is 9.25. The number of likely N-dealkylation sites (tertiary alicyclic amines) is 1. The number of quaternary nitrogens is 1. The minimum Gasteiger partial charge on any atom is -0.493 e. The number of rotatable bonds is 10. The Labute approximate surface area is 248 Å². The number of aliphatic hydroxyl groups excluding tert-OH is 2. The Kier molecular flexibility index (Phi) is 9.87. The van der Waals surface area contributed by atoms with Gasteiger partial charge in [-0.05, 0) is 67.7 Å². The van der Waals surface area contributed by atoms with Crippen molar-refractivity contribution in [3.63, 3.8) is 0 Å². The van der Waals surface area contributed by atoms with Gasteiger partial charge in [-0.15, -0.1) is 0 Å². The molecule has 2 unspecified atom stereocenters. The predicted molar refractivity (Wildman–Crippen MR) is 159 cm³/mol. The fourth-order valence-electron chi connectivity index (χ4n) is 6.38. The van der Waals surface area contributed by atoms with Gasteiger partial charge in [0, 0.05) is 5.56 Å². The van der Waals surface area contributed by atoms with E-state index in [1.54, 1.807) is 0 Å². The Bertz CT molecular complexity index is 1250. The summed E-state index contributed by atoms with van der Waals surface area (Å²) in [4.78, 5) is 29.2. The molecule has 1 aliphatic carbocycles. The number of allylic oxidation sites excluding steroid dienone is 2. The molecule has 2 aromatic rings. The van der Waals surface area contributed by atoms with Crippen molar-refractivity contribution in [1.29, 1.82) is 0 Å². The van der Waals surface area contributed by atoms with Crippen LogP contribution in [0.3, 0.4) is 0 Å². The van der Waals surface area contributed by atoms with Gasteiger partial charge >= 0.3 is 11.9 Å². The highest BCUT2D eigenvalue weighted by Crippen LogP contribution is 2.32. The lowest BCUT2D eigenvalue weighted by Gasteiger charge is -2.27. The number of oxime groups is 1. The third kappa shape index (κ3) is 6.66. The predicted octanol–water partition coefficient (Wildman–Crippen LogP) is 1.34. The summed E-state index contributed by atoms with van der Waals surface area (Å²) >= 11 is 0. The van der Waals surface area contributed by atoms with Crippen LogP contribution in [0.2, 0.25) is 0 Å². The number of aromatic nitrogens is 2. The molecular weight excluding hydrogens is 534 g/mol. The van der Waals surface area contributed by atoms with Crippen molar-refractivity contribution in [2.75, 3.05) is 58.0 Å². The van der Waals surface area contributed by atoms with Gasteiger partial charge in [-0.1, -0.05) is 35.3 Å². The lowest BCUT2D eigenvalue weighted by molar-refractivity contribution is -0.808. The van der Waals surface area contributed by atoms with Gasteiger partial charge in [-0.2, -0.15) is 0 Å². The normalized spacial score (nSPS) is 23.6. The average Bonchev–Trinajstić information content (AvgIpc) is 3.43. The summed E-state index contributed by atoms with van der Waals surface area (Å²) in [6.45, 7) is 4.96. The van der Waals surface area contributed by atoms with Crippen LogP contribution in [0.1, 0.15) is 50.2 Å². The molecule has 3 heterocycles. The zero-order chi connectivity index (χ0) is 29.5. The Balaban J connectivity index is 1.08. The Hall–Kier alpha value is -3.34. The van der Waals surface area contributed by atoms with Crippen LogP contribution < -0.4 is 19.5 Å². The minimum absolute atomic E-state index is 0.0841. The smallest absolute Gasteiger partial charge is 0.391 e. The molecule has 1 aromatic carbocycles. The summed E-state index contributed by atoms with van der Waals surface area (Å²) < 4.78 is 6.16. The largest absolute Gasteiger partial charge is 0.493 e. The van der Waals surface area contributed by atoms with E-state index in [2.05, 4.69) is 45.2 Å². The number of nitrogens with one attached hydrogen (secondary N) is 2. The molecule has 2 saturated heterocycles. The number of carbonyl (C=O) groups excluding carboxylic acids is 1. The molecule has 5 rings (SSSR count). The van der Waals surface area contributed by atoms with Crippen LogP contribution in [0.15, 0.2) is 47.9 Å². The van der Waals surface area contributed by atoms with Crippen LogP contribution in [0, 0.1) is 17.3 Å². The number of aliphatic hydroxyl groups is 2. The first-order chi connectivity index (χ1) is 20.5. The Morgan fingerprint density at radius 2 is 1.95 bits per heavy atom. The number of benzene rings is 1. The van der Waals surface area contributed by atoms with Crippen molar-refractivity contribution in [3.8, 4) is 5.75 Å². The van der Waals surface area contributed by atoms with E-state index in [1.165, 1.54) is 23.8 Å². The maximum Gasteiger partial charge on any atom is 0.391 e. The number of ether oxygens (including phenoxy) is 1. The second-order valence-electron chi connectivity index (χ2n) is 11.9. The molecule has 1 amide bonds. The van der Waals surface area contributed by atoms with Crippen LogP contribution in [-0.2, 0) is 16.1 Å². The van der Waals surface area contributed by atoms with E-state index in [4.69, 9.17) is 9.57 Å². The molecule has 226 valence electrons. The van der Waals surface area contributed by atoms with E-state index in [1.807, 2.05) is 24.5 Å². The van der Waals surface area contributed by atoms with Gasteiger partial charge in [0.1, 0.15) is 43.3 Å². The van der Waals surface area contributed by atoms with Crippen molar-refractivity contribution in [1.82, 2.24) is 4.98 Å². The Morgan fingerprint density at radius 3 is 2.55 bits per heavy atom. The second kappa shape index (κ2) is 13.8. The maximum absolute atomic E-state index is 13.3. The minimum atomic E-state index is -0.908. The number of anilines is 1. The first kappa shape index (κ1) is 30.1. The van der Waals surface area contributed by atoms with Crippen molar-refractivity contribution in [3.05, 3.63) is 53.9 Å². The first-order valence-corrected chi connectivity index (χ1v) is 15.2. The van der Waals surface area contributed by atoms with E-state index >= 15 is 0 Å². The molecule has 10 heteroatoms. The zero-order valence-corrected chi connectivity index (χ0v) is 24.8. The number of carbonyl (C=O) groups is 1. The summed E-state index contributed by atoms with van der Waals surface area (Å²) in [6.07, 6.45) is 11.6. The van der Waals surface area contributed by atoms with Gasteiger partial charge in [0.25, 0.3) is 0 Å². The van der Waals surface area contributed by atoms with Crippen LogP contribution in [-0.4, -0.2) is 79.9 Å². The number of hydrogen-bond donors (Lipinski definition) is 3. The monoisotopic (exact) mass is 579 g/mol. The fraction of sp³-hybridized carbons (Fsp3) is 0.562. The molecule has 2 aliphatic heterocycles. The highest BCUT2D eigenvalue weighted by atomic mass is 16.6. The highest BCUT2D eigenvalue weighted by molar-refractivity contribution is 5.94.